The molecular formula is C13H26O4. The Balaban J connectivity index is 0. The molecule has 0 aliphatic heterocycles. The fourth-order valence-electron chi connectivity index (χ4n) is 0.919. The maximum absolute atomic E-state index is 10.2. The van der Waals surface area contributed by atoms with Crippen molar-refractivity contribution in [1.29, 1.82) is 0 Å². The minimum absolute atomic E-state index is 0.162. The molecule has 0 radical (unpaired) electrons. The fraction of sp³-hybridized carbons (Fsp3) is 0.846. The molecule has 2 atom stereocenters. The van der Waals surface area contributed by atoms with E-state index >= 15 is 0 Å². The number of carboxylic acids is 2. The summed E-state index contributed by atoms with van der Waals surface area (Å²) in [6.45, 7) is 9.33. The van der Waals surface area contributed by atoms with Crippen LogP contribution in [0.5, 0.6) is 0 Å². The first kappa shape index (κ1) is 18.3. The standard InChI is InChI=1S/C7H14O2.C6H12O2/c1-3-4-5-6(2)7(8)9;1-4(2)5(3)6(7)8/h6H,3-5H2,1-2H3,(H,8,9);4-5H,1-3H3,(H,7,8). The van der Waals surface area contributed by atoms with E-state index in [1.54, 1.807) is 13.8 Å². The molecule has 2 N–H and O–H groups in total. The largest absolute Gasteiger partial charge is 0.481 e. The molecule has 0 saturated heterocycles. The zero-order valence-electron chi connectivity index (χ0n) is 11.6. The normalized spacial score (nSPS) is 13.5. The van der Waals surface area contributed by atoms with Gasteiger partial charge in [-0.25, -0.2) is 0 Å². The third-order valence-electron chi connectivity index (χ3n) is 2.80. The van der Waals surface area contributed by atoms with E-state index in [1.165, 1.54) is 0 Å². The molecule has 0 amide bonds. The lowest BCUT2D eigenvalue weighted by molar-refractivity contribution is -0.143. The number of hydrogen-bond donors (Lipinski definition) is 2. The van der Waals surface area contributed by atoms with Crippen LogP contribution in [-0.2, 0) is 9.59 Å². The molecular weight excluding hydrogens is 220 g/mol. The third kappa shape index (κ3) is 11.2. The summed E-state index contributed by atoms with van der Waals surface area (Å²) in [7, 11) is 0. The van der Waals surface area contributed by atoms with Gasteiger partial charge in [-0.3, -0.25) is 9.59 Å². The second-order valence-corrected chi connectivity index (χ2v) is 4.75. The van der Waals surface area contributed by atoms with Gasteiger partial charge in [0, 0.05) is 0 Å². The lowest BCUT2D eigenvalue weighted by Crippen LogP contribution is -2.15. The molecule has 0 rings (SSSR count). The first-order valence-corrected chi connectivity index (χ1v) is 6.19. The SMILES string of the molecule is CC(C)C(C)C(=O)O.CCCCC(C)C(=O)O. The average Bonchev–Trinajstić information content (AvgIpc) is 2.25. The summed E-state index contributed by atoms with van der Waals surface area (Å²) in [5.41, 5.74) is 0. The van der Waals surface area contributed by atoms with E-state index in [4.69, 9.17) is 10.2 Å². The van der Waals surface area contributed by atoms with Gasteiger partial charge in [-0.1, -0.05) is 47.5 Å². The molecule has 0 aliphatic rings. The molecule has 0 aliphatic carbocycles. The lowest BCUT2D eigenvalue weighted by Gasteiger charge is -2.07. The van der Waals surface area contributed by atoms with E-state index in [0.717, 1.165) is 19.3 Å². The van der Waals surface area contributed by atoms with Crippen LogP contribution in [0.2, 0.25) is 0 Å². The zero-order chi connectivity index (χ0) is 14.0. The molecule has 0 heterocycles. The topological polar surface area (TPSA) is 74.6 Å². The van der Waals surface area contributed by atoms with Crippen molar-refractivity contribution in [3.63, 3.8) is 0 Å². The Hall–Kier alpha value is -1.06. The van der Waals surface area contributed by atoms with Crippen molar-refractivity contribution in [3.8, 4) is 0 Å². The number of unbranched alkanes of at least 4 members (excludes halogenated alkanes) is 1. The molecule has 0 aromatic rings. The van der Waals surface area contributed by atoms with Gasteiger partial charge in [-0.15, -0.1) is 0 Å². The Morgan fingerprint density at radius 3 is 1.65 bits per heavy atom. The van der Waals surface area contributed by atoms with Crippen molar-refractivity contribution in [2.75, 3.05) is 0 Å². The van der Waals surface area contributed by atoms with Crippen LogP contribution in [0.1, 0.15) is 53.9 Å². The first-order valence-electron chi connectivity index (χ1n) is 6.19. The Morgan fingerprint density at radius 2 is 1.47 bits per heavy atom. The highest BCUT2D eigenvalue weighted by molar-refractivity contribution is 5.69. The van der Waals surface area contributed by atoms with E-state index in [0.29, 0.717) is 0 Å². The van der Waals surface area contributed by atoms with Crippen LogP contribution in [0.4, 0.5) is 0 Å². The van der Waals surface area contributed by atoms with E-state index in [9.17, 15) is 9.59 Å². The van der Waals surface area contributed by atoms with Crippen molar-refractivity contribution < 1.29 is 19.8 Å². The summed E-state index contributed by atoms with van der Waals surface area (Å²) >= 11 is 0. The Kier molecular flexibility index (Phi) is 10.9. The number of rotatable bonds is 6. The van der Waals surface area contributed by atoms with Crippen LogP contribution < -0.4 is 0 Å². The number of carbonyl (C=O) groups is 2. The van der Waals surface area contributed by atoms with Crippen molar-refractivity contribution in [2.24, 2.45) is 17.8 Å². The fourth-order valence-corrected chi connectivity index (χ4v) is 0.919. The predicted molar refractivity (Wildman–Crippen MR) is 68.0 cm³/mol. The predicted octanol–water partition coefficient (Wildman–Crippen LogP) is 3.26. The number of hydrogen-bond acceptors (Lipinski definition) is 2. The number of aliphatic carboxylic acids is 2. The smallest absolute Gasteiger partial charge is 0.306 e. The van der Waals surface area contributed by atoms with Gasteiger partial charge in [0.15, 0.2) is 0 Å². The summed E-state index contributed by atoms with van der Waals surface area (Å²) in [5, 5.41) is 16.8. The molecule has 0 spiro atoms. The molecule has 0 fully saturated rings. The molecule has 4 heteroatoms. The molecule has 0 aromatic heterocycles. The van der Waals surface area contributed by atoms with Crippen molar-refractivity contribution in [1.82, 2.24) is 0 Å². The average molecular weight is 246 g/mol. The maximum Gasteiger partial charge on any atom is 0.306 e. The number of carboxylic acid groups (broad SMARTS) is 2. The van der Waals surface area contributed by atoms with Gasteiger partial charge in [0.25, 0.3) is 0 Å². The first-order chi connectivity index (χ1) is 7.73. The van der Waals surface area contributed by atoms with Crippen molar-refractivity contribution in [3.05, 3.63) is 0 Å². The third-order valence-corrected chi connectivity index (χ3v) is 2.80. The maximum atomic E-state index is 10.2. The quantitative estimate of drug-likeness (QED) is 0.754. The van der Waals surface area contributed by atoms with Gasteiger partial charge in [-0.05, 0) is 12.3 Å². The highest BCUT2D eigenvalue weighted by atomic mass is 16.4. The van der Waals surface area contributed by atoms with E-state index in [-0.39, 0.29) is 17.8 Å². The summed E-state index contributed by atoms with van der Waals surface area (Å²) in [6, 6.07) is 0. The highest BCUT2D eigenvalue weighted by Crippen LogP contribution is 2.08. The van der Waals surface area contributed by atoms with E-state index in [1.807, 2.05) is 13.8 Å². The molecule has 4 nitrogen and oxygen atoms in total. The van der Waals surface area contributed by atoms with Crippen LogP contribution >= 0.6 is 0 Å². The molecule has 0 aromatic carbocycles. The molecule has 102 valence electrons. The Morgan fingerprint density at radius 1 is 1.00 bits per heavy atom. The highest BCUT2D eigenvalue weighted by Gasteiger charge is 2.13. The zero-order valence-corrected chi connectivity index (χ0v) is 11.6. The summed E-state index contributed by atoms with van der Waals surface area (Å²) in [6.07, 6.45) is 2.91. The molecule has 0 saturated carbocycles. The Bertz CT molecular complexity index is 223. The summed E-state index contributed by atoms with van der Waals surface area (Å²) in [4.78, 5) is 20.3. The molecule has 0 bridgehead atoms. The van der Waals surface area contributed by atoms with Gasteiger partial charge in [0.1, 0.15) is 0 Å². The monoisotopic (exact) mass is 246 g/mol. The van der Waals surface area contributed by atoms with Crippen LogP contribution in [0.3, 0.4) is 0 Å². The van der Waals surface area contributed by atoms with Gasteiger partial charge in [0.05, 0.1) is 11.8 Å². The minimum Gasteiger partial charge on any atom is -0.481 e. The van der Waals surface area contributed by atoms with Crippen LogP contribution in [0, 0.1) is 17.8 Å². The second kappa shape index (κ2) is 10.1. The van der Waals surface area contributed by atoms with Gasteiger partial charge >= 0.3 is 11.9 Å². The summed E-state index contributed by atoms with van der Waals surface area (Å²) in [5.74, 6) is -1.52. The molecule has 17 heavy (non-hydrogen) atoms. The van der Waals surface area contributed by atoms with Crippen LogP contribution in [0.25, 0.3) is 0 Å². The summed E-state index contributed by atoms with van der Waals surface area (Å²) < 4.78 is 0. The Labute approximate surface area is 104 Å². The van der Waals surface area contributed by atoms with Gasteiger partial charge < -0.3 is 10.2 Å². The van der Waals surface area contributed by atoms with E-state index < -0.39 is 11.9 Å². The van der Waals surface area contributed by atoms with Gasteiger partial charge in [0.2, 0.25) is 0 Å². The second-order valence-electron chi connectivity index (χ2n) is 4.75. The minimum atomic E-state index is -0.708. The lowest BCUT2D eigenvalue weighted by atomic mass is 9.99. The van der Waals surface area contributed by atoms with Crippen molar-refractivity contribution in [2.45, 2.75) is 53.9 Å². The van der Waals surface area contributed by atoms with Crippen LogP contribution in [-0.4, -0.2) is 22.2 Å². The van der Waals surface area contributed by atoms with Crippen molar-refractivity contribution >= 4 is 11.9 Å². The van der Waals surface area contributed by atoms with Crippen LogP contribution in [0.15, 0.2) is 0 Å². The van der Waals surface area contributed by atoms with Gasteiger partial charge in [-0.2, -0.15) is 0 Å². The molecule has 2 unspecified atom stereocenters. The van der Waals surface area contributed by atoms with E-state index in [2.05, 4.69) is 6.92 Å².